The highest BCUT2D eigenvalue weighted by molar-refractivity contribution is 5.96. The number of aromatic hydroxyl groups is 1. The highest BCUT2D eigenvalue weighted by atomic mass is 16.3. The SMILES string of the molecule is O=C1NC2(CCC2)CN1c1ccccc1O. The van der Waals surface area contributed by atoms with E-state index in [1.807, 2.05) is 6.07 Å². The lowest BCUT2D eigenvalue weighted by molar-refractivity contribution is 0.218. The minimum absolute atomic E-state index is 0.0284. The number of para-hydroxylation sites is 2. The van der Waals surface area contributed by atoms with Crippen molar-refractivity contribution in [2.24, 2.45) is 0 Å². The van der Waals surface area contributed by atoms with Gasteiger partial charge >= 0.3 is 6.03 Å². The minimum atomic E-state index is -0.0961. The van der Waals surface area contributed by atoms with E-state index in [2.05, 4.69) is 5.32 Å². The van der Waals surface area contributed by atoms with Gasteiger partial charge in [0.1, 0.15) is 5.75 Å². The van der Waals surface area contributed by atoms with Crippen LogP contribution >= 0.6 is 0 Å². The van der Waals surface area contributed by atoms with Gasteiger partial charge in [0.15, 0.2) is 0 Å². The summed E-state index contributed by atoms with van der Waals surface area (Å²) < 4.78 is 0. The van der Waals surface area contributed by atoms with Crippen LogP contribution in [0.25, 0.3) is 0 Å². The molecule has 0 radical (unpaired) electrons. The molecule has 0 unspecified atom stereocenters. The molecule has 2 N–H and O–H groups in total. The average Bonchev–Trinajstić information content (AvgIpc) is 2.57. The van der Waals surface area contributed by atoms with Crippen molar-refractivity contribution in [2.45, 2.75) is 24.8 Å². The number of hydrogen-bond donors (Lipinski definition) is 2. The average molecular weight is 218 g/mol. The summed E-state index contributed by atoms with van der Waals surface area (Å²) in [5.74, 6) is 0.161. The van der Waals surface area contributed by atoms with Crippen LogP contribution in [0.3, 0.4) is 0 Å². The molecule has 0 atom stereocenters. The number of phenols is 1. The minimum Gasteiger partial charge on any atom is -0.506 e. The fraction of sp³-hybridized carbons (Fsp3) is 0.417. The smallest absolute Gasteiger partial charge is 0.322 e. The molecule has 0 aromatic heterocycles. The third kappa shape index (κ3) is 1.26. The van der Waals surface area contributed by atoms with Gasteiger partial charge in [0, 0.05) is 0 Å². The molecule has 3 rings (SSSR count). The number of phenolic OH excluding ortho intramolecular Hbond substituents is 1. The summed E-state index contributed by atoms with van der Waals surface area (Å²) >= 11 is 0. The summed E-state index contributed by atoms with van der Waals surface area (Å²) in [4.78, 5) is 13.5. The Morgan fingerprint density at radius 2 is 2.06 bits per heavy atom. The second-order valence-electron chi connectivity index (χ2n) is 4.64. The van der Waals surface area contributed by atoms with Gasteiger partial charge in [-0.25, -0.2) is 4.79 Å². The van der Waals surface area contributed by atoms with E-state index in [1.54, 1.807) is 23.1 Å². The Morgan fingerprint density at radius 3 is 2.62 bits per heavy atom. The highest BCUT2D eigenvalue weighted by Crippen LogP contribution is 2.39. The van der Waals surface area contributed by atoms with Crippen LogP contribution in [0.2, 0.25) is 0 Å². The van der Waals surface area contributed by atoms with Gasteiger partial charge in [0.25, 0.3) is 0 Å². The Kier molecular flexibility index (Phi) is 1.87. The number of hydrogen-bond acceptors (Lipinski definition) is 2. The van der Waals surface area contributed by atoms with Crippen molar-refractivity contribution in [2.75, 3.05) is 11.4 Å². The lowest BCUT2D eigenvalue weighted by atomic mass is 9.77. The van der Waals surface area contributed by atoms with Crippen LogP contribution < -0.4 is 10.2 Å². The first kappa shape index (κ1) is 9.51. The molecule has 1 aromatic carbocycles. The van der Waals surface area contributed by atoms with E-state index < -0.39 is 0 Å². The van der Waals surface area contributed by atoms with Gasteiger partial charge in [-0.1, -0.05) is 12.1 Å². The number of nitrogens with one attached hydrogen (secondary N) is 1. The van der Waals surface area contributed by atoms with Gasteiger partial charge in [0.2, 0.25) is 0 Å². The van der Waals surface area contributed by atoms with E-state index in [0.717, 1.165) is 12.8 Å². The Labute approximate surface area is 93.9 Å². The van der Waals surface area contributed by atoms with Crippen LogP contribution in [0.1, 0.15) is 19.3 Å². The Balaban J connectivity index is 1.91. The molecule has 1 aromatic rings. The van der Waals surface area contributed by atoms with Gasteiger partial charge in [-0.05, 0) is 31.4 Å². The predicted molar refractivity (Wildman–Crippen MR) is 60.6 cm³/mol. The summed E-state index contributed by atoms with van der Waals surface area (Å²) in [6.07, 6.45) is 3.26. The lowest BCUT2D eigenvalue weighted by Gasteiger charge is -2.37. The summed E-state index contributed by atoms with van der Waals surface area (Å²) in [6.45, 7) is 0.670. The van der Waals surface area contributed by atoms with Crippen LogP contribution in [0.15, 0.2) is 24.3 Å². The molecule has 1 aliphatic heterocycles. The summed E-state index contributed by atoms with van der Waals surface area (Å²) in [5, 5.41) is 12.7. The van der Waals surface area contributed by atoms with Crippen LogP contribution in [0.5, 0.6) is 5.75 Å². The van der Waals surface area contributed by atoms with Crippen molar-refractivity contribution in [3.8, 4) is 5.75 Å². The van der Waals surface area contributed by atoms with E-state index in [4.69, 9.17) is 0 Å². The van der Waals surface area contributed by atoms with Crippen molar-refractivity contribution >= 4 is 11.7 Å². The van der Waals surface area contributed by atoms with Crippen LogP contribution in [0.4, 0.5) is 10.5 Å². The van der Waals surface area contributed by atoms with Crippen molar-refractivity contribution in [1.82, 2.24) is 5.32 Å². The second-order valence-corrected chi connectivity index (χ2v) is 4.64. The third-order valence-corrected chi connectivity index (χ3v) is 3.56. The van der Waals surface area contributed by atoms with E-state index in [1.165, 1.54) is 6.42 Å². The first-order chi connectivity index (χ1) is 7.70. The van der Waals surface area contributed by atoms with Crippen molar-refractivity contribution in [3.63, 3.8) is 0 Å². The number of anilines is 1. The van der Waals surface area contributed by atoms with E-state index in [-0.39, 0.29) is 17.3 Å². The normalized spacial score (nSPS) is 22.0. The molecule has 0 bridgehead atoms. The number of rotatable bonds is 1. The molecule has 2 fully saturated rings. The fourth-order valence-electron chi connectivity index (χ4n) is 2.48. The van der Waals surface area contributed by atoms with Crippen LogP contribution in [-0.4, -0.2) is 23.2 Å². The first-order valence-electron chi connectivity index (χ1n) is 5.58. The monoisotopic (exact) mass is 218 g/mol. The number of amides is 2. The van der Waals surface area contributed by atoms with Crippen molar-refractivity contribution < 1.29 is 9.90 Å². The summed E-state index contributed by atoms with van der Waals surface area (Å²) in [6, 6.07) is 6.86. The molecule has 2 amide bonds. The van der Waals surface area contributed by atoms with E-state index in [0.29, 0.717) is 12.2 Å². The zero-order chi connectivity index (χ0) is 11.2. The van der Waals surface area contributed by atoms with Crippen molar-refractivity contribution in [3.05, 3.63) is 24.3 Å². The maximum Gasteiger partial charge on any atom is 0.322 e. The predicted octanol–water partition coefficient (Wildman–Crippen LogP) is 1.84. The Hall–Kier alpha value is -1.71. The van der Waals surface area contributed by atoms with Gasteiger partial charge in [-0.15, -0.1) is 0 Å². The maximum absolute atomic E-state index is 11.8. The maximum atomic E-state index is 11.8. The van der Waals surface area contributed by atoms with Crippen LogP contribution in [-0.2, 0) is 0 Å². The molecular formula is C12H14N2O2. The zero-order valence-electron chi connectivity index (χ0n) is 8.94. The quantitative estimate of drug-likeness (QED) is 0.755. The van der Waals surface area contributed by atoms with Gasteiger partial charge in [-0.2, -0.15) is 0 Å². The van der Waals surface area contributed by atoms with E-state index >= 15 is 0 Å². The van der Waals surface area contributed by atoms with Gasteiger partial charge in [0.05, 0.1) is 17.8 Å². The molecule has 2 aliphatic rings. The molecular weight excluding hydrogens is 204 g/mol. The molecule has 1 saturated carbocycles. The summed E-state index contributed by atoms with van der Waals surface area (Å²) in [5.41, 5.74) is 0.572. The molecule has 1 saturated heterocycles. The first-order valence-corrected chi connectivity index (χ1v) is 5.58. The molecule has 1 heterocycles. The Bertz CT molecular complexity index is 440. The van der Waals surface area contributed by atoms with Crippen molar-refractivity contribution in [1.29, 1.82) is 0 Å². The molecule has 16 heavy (non-hydrogen) atoms. The van der Waals surface area contributed by atoms with Gasteiger partial charge in [-0.3, -0.25) is 4.90 Å². The highest BCUT2D eigenvalue weighted by Gasteiger charge is 2.47. The zero-order valence-corrected chi connectivity index (χ0v) is 8.94. The number of benzene rings is 1. The Morgan fingerprint density at radius 1 is 1.31 bits per heavy atom. The third-order valence-electron chi connectivity index (χ3n) is 3.56. The standard InChI is InChI=1S/C12H14N2O2/c15-10-5-2-1-4-9(10)14-8-12(6-3-7-12)13-11(14)16/h1-2,4-5,15H,3,6-8H2,(H,13,16). The molecule has 84 valence electrons. The summed E-state index contributed by atoms with van der Waals surface area (Å²) in [7, 11) is 0. The number of carbonyl (C=O) groups is 1. The molecule has 1 aliphatic carbocycles. The van der Waals surface area contributed by atoms with Gasteiger partial charge < -0.3 is 10.4 Å². The van der Waals surface area contributed by atoms with E-state index in [9.17, 15) is 9.90 Å². The second kappa shape index (κ2) is 3.14. The van der Waals surface area contributed by atoms with Crippen LogP contribution in [0, 0.1) is 0 Å². The molecule has 4 nitrogen and oxygen atoms in total. The molecule has 1 spiro atoms. The largest absolute Gasteiger partial charge is 0.506 e. The molecule has 4 heteroatoms. The number of urea groups is 1. The number of carbonyl (C=O) groups excluding carboxylic acids is 1. The number of nitrogens with zero attached hydrogens (tertiary/aromatic N) is 1. The topological polar surface area (TPSA) is 52.6 Å². The fourth-order valence-corrected chi connectivity index (χ4v) is 2.48. The lowest BCUT2D eigenvalue weighted by Crippen LogP contribution is -2.49.